The van der Waals surface area contributed by atoms with Crippen LogP contribution in [0.5, 0.6) is 0 Å². The van der Waals surface area contributed by atoms with Gasteiger partial charge in [-0.25, -0.2) is 0 Å². The number of halogens is 5. The van der Waals surface area contributed by atoms with Gasteiger partial charge >= 0.3 is 12.1 Å². The maximum Gasteiger partial charge on any atom is 0.453 e. The molecule has 0 fully saturated rings. The molecule has 6 heteroatoms. The molecule has 1 nitrogen and oxygen atoms in total. The van der Waals surface area contributed by atoms with E-state index in [0.29, 0.717) is 6.42 Å². The summed E-state index contributed by atoms with van der Waals surface area (Å²) < 4.78 is 67.0. The van der Waals surface area contributed by atoms with Crippen molar-refractivity contribution in [2.24, 2.45) is 0 Å². The molecule has 0 rings (SSSR count). The maximum absolute atomic E-state index is 12.7. The summed E-state index contributed by atoms with van der Waals surface area (Å²) in [6.45, 7) is 3.95. The molecule has 0 unspecified atom stereocenters. The van der Waals surface area contributed by atoms with Crippen LogP contribution in [0.4, 0.5) is 22.0 Å². The summed E-state index contributed by atoms with van der Waals surface area (Å²) in [7, 11) is 0. The Morgan fingerprint density at radius 1 is 0.519 bits per heavy atom. The van der Waals surface area contributed by atoms with Crippen LogP contribution in [-0.2, 0) is 4.74 Å². The van der Waals surface area contributed by atoms with Crippen molar-refractivity contribution in [1.82, 2.24) is 0 Å². The third-order valence-electron chi connectivity index (χ3n) is 4.84. The molecule has 0 heterocycles. The van der Waals surface area contributed by atoms with Gasteiger partial charge in [-0.1, -0.05) is 84.0 Å². The van der Waals surface area contributed by atoms with E-state index in [1.165, 1.54) is 44.9 Å². The zero-order valence-electron chi connectivity index (χ0n) is 17.0. The summed E-state index contributed by atoms with van der Waals surface area (Å²) in [6.07, 6.45) is 8.60. The highest BCUT2D eigenvalue weighted by Gasteiger charge is 2.56. The fraction of sp³-hybridized carbons (Fsp3) is 1.00. The van der Waals surface area contributed by atoms with Gasteiger partial charge in [-0.2, -0.15) is 22.0 Å². The van der Waals surface area contributed by atoms with Gasteiger partial charge in [0, 0.05) is 19.6 Å². The van der Waals surface area contributed by atoms with Gasteiger partial charge in [-0.15, -0.1) is 0 Å². The second-order valence-electron chi connectivity index (χ2n) is 7.51. The van der Waals surface area contributed by atoms with E-state index in [0.717, 1.165) is 51.7 Å². The summed E-state index contributed by atoms with van der Waals surface area (Å²) in [5, 5.41) is 0. The summed E-state index contributed by atoms with van der Waals surface area (Å²) >= 11 is 0. The molecule has 0 aliphatic rings. The number of hydrogen-bond acceptors (Lipinski definition) is 1. The lowest BCUT2D eigenvalue weighted by Crippen LogP contribution is -2.36. The predicted molar refractivity (Wildman–Crippen MR) is 101 cm³/mol. The van der Waals surface area contributed by atoms with Crippen molar-refractivity contribution < 1.29 is 26.7 Å². The smallest absolute Gasteiger partial charge is 0.381 e. The molecule has 0 aromatic carbocycles. The fourth-order valence-electron chi connectivity index (χ4n) is 3.02. The fourth-order valence-corrected chi connectivity index (χ4v) is 3.02. The SMILES string of the molecule is CCCCCOCCCCCCCCCCCCCCC(F)(F)C(F)(F)F. The number of ether oxygens (including phenoxy) is 1. The van der Waals surface area contributed by atoms with Crippen molar-refractivity contribution in [1.29, 1.82) is 0 Å². The van der Waals surface area contributed by atoms with Crippen molar-refractivity contribution in [2.45, 2.75) is 122 Å². The molecule has 0 radical (unpaired) electrons. The van der Waals surface area contributed by atoms with Gasteiger partial charge in [-0.3, -0.25) is 0 Å². The van der Waals surface area contributed by atoms with Crippen molar-refractivity contribution >= 4 is 0 Å². The van der Waals surface area contributed by atoms with Gasteiger partial charge in [0.05, 0.1) is 0 Å². The molecular formula is C21H39F5O. The molecule has 0 amide bonds. The molecule has 0 aromatic rings. The summed E-state index contributed by atoms with van der Waals surface area (Å²) in [6, 6.07) is 0. The van der Waals surface area contributed by atoms with Crippen molar-refractivity contribution in [2.75, 3.05) is 13.2 Å². The van der Waals surface area contributed by atoms with Crippen LogP contribution >= 0.6 is 0 Å². The van der Waals surface area contributed by atoms with Gasteiger partial charge < -0.3 is 4.74 Å². The van der Waals surface area contributed by atoms with Gasteiger partial charge in [0.2, 0.25) is 0 Å². The first-order chi connectivity index (χ1) is 12.8. The monoisotopic (exact) mass is 402 g/mol. The Bertz CT molecular complexity index is 318. The number of rotatable bonds is 19. The van der Waals surface area contributed by atoms with E-state index in [2.05, 4.69) is 6.92 Å². The van der Waals surface area contributed by atoms with E-state index in [9.17, 15) is 22.0 Å². The molecule has 0 spiro atoms. The van der Waals surface area contributed by atoms with Crippen LogP contribution in [0.2, 0.25) is 0 Å². The molecule has 0 aliphatic heterocycles. The van der Waals surface area contributed by atoms with Crippen LogP contribution in [0, 0.1) is 0 Å². The van der Waals surface area contributed by atoms with Crippen LogP contribution < -0.4 is 0 Å². The van der Waals surface area contributed by atoms with E-state index < -0.39 is 18.5 Å². The maximum atomic E-state index is 12.7. The molecule has 0 N–H and O–H groups in total. The highest BCUT2D eigenvalue weighted by molar-refractivity contribution is 4.75. The van der Waals surface area contributed by atoms with E-state index in [4.69, 9.17) is 4.74 Å². The molecule has 0 saturated heterocycles. The second-order valence-corrected chi connectivity index (χ2v) is 7.51. The largest absolute Gasteiger partial charge is 0.453 e. The first-order valence-electron chi connectivity index (χ1n) is 10.8. The number of unbranched alkanes of at least 4 members (excludes halogenated alkanes) is 13. The Hall–Kier alpha value is -0.390. The van der Waals surface area contributed by atoms with Gasteiger partial charge in [0.25, 0.3) is 0 Å². The second kappa shape index (κ2) is 16.6. The Kier molecular flexibility index (Phi) is 16.3. The molecule has 27 heavy (non-hydrogen) atoms. The van der Waals surface area contributed by atoms with Crippen LogP contribution in [0.1, 0.15) is 110 Å². The van der Waals surface area contributed by atoms with E-state index >= 15 is 0 Å². The lowest BCUT2D eigenvalue weighted by molar-refractivity contribution is -0.284. The minimum atomic E-state index is -5.41. The third-order valence-corrected chi connectivity index (χ3v) is 4.84. The molecule has 0 saturated carbocycles. The van der Waals surface area contributed by atoms with Crippen molar-refractivity contribution in [3.05, 3.63) is 0 Å². The lowest BCUT2D eigenvalue weighted by Gasteiger charge is -2.19. The Morgan fingerprint density at radius 2 is 0.889 bits per heavy atom. The minimum absolute atomic E-state index is 0.0607. The zero-order valence-corrected chi connectivity index (χ0v) is 17.0. The summed E-state index contributed by atoms with van der Waals surface area (Å²) in [5.74, 6) is -4.53. The van der Waals surface area contributed by atoms with Crippen molar-refractivity contribution in [3.63, 3.8) is 0 Å². The van der Waals surface area contributed by atoms with Crippen LogP contribution in [0.25, 0.3) is 0 Å². The Labute approximate surface area is 162 Å². The first kappa shape index (κ1) is 26.6. The van der Waals surface area contributed by atoms with E-state index in [1.807, 2.05) is 0 Å². The number of alkyl halides is 5. The highest BCUT2D eigenvalue weighted by Crippen LogP contribution is 2.39. The first-order valence-corrected chi connectivity index (χ1v) is 10.8. The zero-order chi connectivity index (χ0) is 20.4. The average Bonchev–Trinajstić information content (AvgIpc) is 2.59. The van der Waals surface area contributed by atoms with E-state index in [-0.39, 0.29) is 6.42 Å². The average molecular weight is 403 g/mol. The van der Waals surface area contributed by atoms with Gasteiger partial charge in [0.1, 0.15) is 0 Å². The molecular weight excluding hydrogens is 363 g/mol. The van der Waals surface area contributed by atoms with Crippen molar-refractivity contribution in [3.8, 4) is 0 Å². The molecule has 0 bridgehead atoms. The Balaban J connectivity index is 3.19. The standard InChI is InChI=1S/C21H39F5O/c1-2-3-15-18-27-19-16-13-11-9-7-5-4-6-8-10-12-14-17-20(22,23)21(24,25)26/h2-19H2,1H3. The number of hydrogen-bond donors (Lipinski definition) is 0. The Morgan fingerprint density at radius 3 is 1.30 bits per heavy atom. The molecule has 0 atom stereocenters. The minimum Gasteiger partial charge on any atom is -0.381 e. The van der Waals surface area contributed by atoms with Crippen LogP contribution in [0.3, 0.4) is 0 Å². The molecule has 0 aromatic heterocycles. The van der Waals surface area contributed by atoms with Crippen LogP contribution in [0.15, 0.2) is 0 Å². The van der Waals surface area contributed by atoms with Gasteiger partial charge in [0.15, 0.2) is 0 Å². The highest BCUT2D eigenvalue weighted by atomic mass is 19.4. The predicted octanol–water partition coefficient (Wildman–Crippen LogP) is 8.46. The van der Waals surface area contributed by atoms with Gasteiger partial charge in [-0.05, 0) is 19.3 Å². The lowest BCUT2D eigenvalue weighted by atomic mass is 10.0. The summed E-state index contributed by atoms with van der Waals surface area (Å²) in [5.41, 5.74) is 0. The van der Waals surface area contributed by atoms with Crippen LogP contribution in [-0.4, -0.2) is 25.3 Å². The quantitative estimate of drug-likeness (QED) is 0.155. The molecule has 0 aliphatic carbocycles. The third kappa shape index (κ3) is 16.3. The molecule has 164 valence electrons. The topological polar surface area (TPSA) is 9.23 Å². The van der Waals surface area contributed by atoms with E-state index in [1.54, 1.807) is 0 Å². The summed E-state index contributed by atoms with van der Waals surface area (Å²) in [4.78, 5) is 0. The normalized spacial score (nSPS) is 12.7.